The maximum Gasteiger partial charge on any atom is 0.246 e. The smallest absolute Gasteiger partial charge is 0.246 e. The summed E-state index contributed by atoms with van der Waals surface area (Å²) >= 11 is 0. The number of methoxy groups -OCH3 is 1. The zero-order valence-corrected chi connectivity index (χ0v) is 14.5. The molecule has 0 aliphatic carbocycles. The summed E-state index contributed by atoms with van der Waals surface area (Å²) in [4.78, 5) is 6.71. The van der Waals surface area contributed by atoms with Crippen molar-refractivity contribution in [1.82, 2.24) is 15.2 Å². The van der Waals surface area contributed by atoms with Gasteiger partial charge < -0.3 is 9.64 Å². The minimum absolute atomic E-state index is 0.115. The van der Waals surface area contributed by atoms with Gasteiger partial charge in [0.15, 0.2) is 0 Å². The van der Waals surface area contributed by atoms with Crippen molar-refractivity contribution >= 4 is 5.95 Å². The summed E-state index contributed by atoms with van der Waals surface area (Å²) in [5.41, 5.74) is 2.02. The first kappa shape index (κ1) is 16.4. The van der Waals surface area contributed by atoms with Crippen LogP contribution in [0, 0.1) is 5.82 Å². The monoisotopic (exact) mass is 350 g/mol. The van der Waals surface area contributed by atoms with Gasteiger partial charge in [-0.05, 0) is 31.0 Å². The lowest BCUT2D eigenvalue weighted by atomic mass is 10.0. The maximum atomic E-state index is 14.1. The van der Waals surface area contributed by atoms with E-state index in [1.807, 2.05) is 18.2 Å². The predicted molar refractivity (Wildman–Crippen MR) is 97.5 cm³/mol. The summed E-state index contributed by atoms with van der Waals surface area (Å²) in [6.45, 7) is 0.825. The lowest BCUT2D eigenvalue weighted by Crippen LogP contribution is -2.25. The molecule has 0 saturated carbocycles. The van der Waals surface area contributed by atoms with Crippen LogP contribution in [0.1, 0.15) is 24.4 Å². The van der Waals surface area contributed by atoms with E-state index in [1.54, 1.807) is 25.3 Å². The molecule has 0 spiro atoms. The minimum Gasteiger partial charge on any atom is -0.496 e. The van der Waals surface area contributed by atoms with Crippen molar-refractivity contribution in [3.63, 3.8) is 0 Å². The fraction of sp³-hybridized carbons (Fsp3) is 0.250. The number of ether oxygens (including phenoxy) is 1. The average molecular weight is 350 g/mol. The van der Waals surface area contributed by atoms with Gasteiger partial charge in [0.1, 0.15) is 11.6 Å². The Kier molecular flexibility index (Phi) is 4.48. The van der Waals surface area contributed by atoms with Crippen molar-refractivity contribution in [1.29, 1.82) is 0 Å². The third kappa shape index (κ3) is 2.98. The van der Waals surface area contributed by atoms with Crippen LogP contribution >= 0.6 is 0 Å². The van der Waals surface area contributed by atoms with Crippen molar-refractivity contribution in [2.24, 2.45) is 0 Å². The first-order chi connectivity index (χ1) is 12.8. The Bertz CT molecular complexity index is 918. The van der Waals surface area contributed by atoms with Crippen molar-refractivity contribution < 1.29 is 9.13 Å². The van der Waals surface area contributed by atoms with Crippen molar-refractivity contribution in [2.45, 2.75) is 18.9 Å². The molecule has 2 heterocycles. The van der Waals surface area contributed by atoms with Gasteiger partial charge in [-0.15, -0.1) is 5.10 Å². The Morgan fingerprint density at radius 2 is 1.92 bits per heavy atom. The molecule has 1 atom stereocenters. The Morgan fingerprint density at radius 3 is 2.77 bits per heavy atom. The molecule has 1 saturated heterocycles. The van der Waals surface area contributed by atoms with Crippen LogP contribution in [0.25, 0.3) is 11.3 Å². The molecule has 26 heavy (non-hydrogen) atoms. The second-order valence-electron chi connectivity index (χ2n) is 6.21. The van der Waals surface area contributed by atoms with Gasteiger partial charge in [0.25, 0.3) is 0 Å². The number of hydrogen-bond acceptors (Lipinski definition) is 5. The number of benzene rings is 2. The number of halogens is 1. The van der Waals surface area contributed by atoms with Crippen LogP contribution in [0.5, 0.6) is 5.75 Å². The molecule has 0 N–H and O–H groups in total. The summed E-state index contributed by atoms with van der Waals surface area (Å²) in [5.74, 6) is 1.04. The Labute approximate surface area is 151 Å². The highest BCUT2D eigenvalue weighted by atomic mass is 19.1. The van der Waals surface area contributed by atoms with E-state index in [0.29, 0.717) is 17.2 Å². The maximum absolute atomic E-state index is 14.1. The van der Waals surface area contributed by atoms with E-state index < -0.39 is 0 Å². The molecule has 3 aromatic rings. The SMILES string of the molecule is COc1ccccc1[C@@H]1CCCN1c1nncc(-c2ccccc2F)n1. The van der Waals surface area contributed by atoms with Gasteiger partial charge in [-0.1, -0.05) is 30.3 Å². The topological polar surface area (TPSA) is 51.1 Å². The summed E-state index contributed by atoms with van der Waals surface area (Å²) in [5, 5.41) is 8.27. The van der Waals surface area contributed by atoms with E-state index in [9.17, 15) is 4.39 Å². The molecular formula is C20H19FN4O. The number of para-hydroxylation sites is 1. The summed E-state index contributed by atoms with van der Waals surface area (Å²) in [6, 6.07) is 14.7. The normalized spacial score (nSPS) is 16.7. The molecule has 2 aromatic carbocycles. The lowest BCUT2D eigenvalue weighted by Gasteiger charge is -2.26. The molecule has 5 nitrogen and oxygen atoms in total. The van der Waals surface area contributed by atoms with Crippen LogP contribution in [0.3, 0.4) is 0 Å². The number of aromatic nitrogens is 3. The van der Waals surface area contributed by atoms with E-state index in [1.165, 1.54) is 12.3 Å². The number of nitrogens with zero attached hydrogens (tertiary/aromatic N) is 4. The number of anilines is 1. The molecule has 0 unspecified atom stereocenters. The van der Waals surface area contributed by atoms with Crippen LogP contribution in [0.2, 0.25) is 0 Å². The molecule has 1 aliphatic heterocycles. The van der Waals surface area contributed by atoms with Gasteiger partial charge >= 0.3 is 0 Å². The van der Waals surface area contributed by atoms with Crippen LogP contribution < -0.4 is 9.64 Å². The Morgan fingerprint density at radius 1 is 1.12 bits per heavy atom. The third-order valence-corrected chi connectivity index (χ3v) is 4.71. The molecule has 6 heteroatoms. The van der Waals surface area contributed by atoms with Gasteiger partial charge in [0.2, 0.25) is 5.95 Å². The fourth-order valence-electron chi connectivity index (χ4n) is 3.49. The highest BCUT2D eigenvalue weighted by Crippen LogP contribution is 2.38. The van der Waals surface area contributed by atoms with Crippen LogP contribution in [-0.2, 0) is 0 Å². The van der Waals surface area contributed by atoms with Gasteiger partial charge in [-0.3, -0.25) is 0 Å². The largest absolute Gasteiger partial charge is 0.496 e. The average Bonchev–Trinajstić information content (AvgIpc) is 3.18. The summed E-state index contributed by atoms with van der Waals surface area (Å²) in [7, 11) is 1.68. The Balaban J connectivity index is 1.71. The van der Waals surface area contributed by atoms with Gasteiger partial charge in [-0.2, -0.15) is 5.10 Å². The summed E-state index contributed by atoms with van der Waals surface area (Å²) in [6.07, 6.45) is 3.50. The Hall–Kier alpha value is -3.02. The third-order valence-electron chi connectivity index (χ3n) is 4.71. The van der Waals surface area contributed by atoms with E-state index >= 15 is 0 Å². The van der Waals surface area contributed by atoms with Gasteiger partial charge in [-0.25, -0.2) is 9.37 Å². The second kappa shape index (κ2) is 7.07. The van der Waals surface area contributed by atoms with Crippen LogP contribution in [0.15, 0.2) is 54.7 Å². The standard InChI is InChI=1S/C20H19FN4O/c1-26-19-11-5-3-8-15(19)18-10-6-12-25(18)20-23-17(13-22-24-20)14-7-2-4-9-16(14)21/h2-5,7-9,11,13,18H,6,10,12H2,1H3/t18-/m0/s1. The minimum atomic E-state index is -0.318. The molecule has 1 aliphatic rings. The first-order valence-electron chi connectivity index (χ1n) is 8.62. The zero-order valence-electron chi connectivity index (χ0n) is 14.5. The quantitative estimate of drug-likeness (QED) is 0.711. The van der Waals surface area contributed by atoms with E-state index in [0.717, 1.165) is 30.7 Å². The lowest BCUT2D eigenvalue weighted by molar-refractivity contribution is 0.405. The van der Waals surface area contributed by atoms with Gasteiger partial charge in [0, 0.05) is 17.7 Å². The molecule has 4 rings (SSSR count). The van der Waals surface area contributed by atoms with E-state index in [2.05, 4.69) is 26.1 Å². The van der Waals surface area contributed by atoms with Crippen molar-refractivity contribution in [2.75, 3.05) is 18.6 Å². The van der Waals surface area contributed by atoms with Gasteiger partial charge in [0.05, 0.1) is 25.0 Å². The highest BCUT2D eigenvalue weighted by Gasteiger charge is 2.30. The van der Waals surface area contributed by atoms with E-state index in [-0.39, 0.29) is 11.9 Å². The zero-order chi connectivity index (χ0) is 17.9. The number of rotatable bonds is 4. The van der Waals surface area contributed by atoms with Crippen molar-refractivity contribution in [3.8, 4) is 17.0 Å². The van der Waals surface area contributed by atoms with Crippen LogP contribution in [-0.4, -0.2) is 28.8 Å². The molecule has 1 aromatic heterocycles. The molecular weight excluding hydrogens is 331 g/mol. The van der Waals surface area contributed by atoms with Crippen LogP contribution in [0.4, 0.5) is 10.3 Å². The summed E-state index contributed by atoms with van der Waals surface area (Å²) < 4.78 is 19.6. The molecule has 132 valence electrons. The number of hydrogen-bond donors (Lipinski definition) is 0. The highest BCUT2D eigenvalue weighted by molar-refractivity contribution is 5.60. The van der Waals surface area contributed by atoms with Crippen molar-refractivity contribution in [3.05, 3.63) is 66.1 Å². The molecule has 0 radical (unpaired) electrons. The molecule has 0 amide bonds. The fourth-order valence-corrected chi connectivity index (χ4v) is 3.49. The second-order valence-corrected chi connectivity index (χ2v) is 6.21. The van der Waals surface area contributed by atoms with E-state index in [4.69, 9.17) is 4.74 Å². The first-order valence-corrected chi connectivity index (χ1v) is 8.62. The predicted octanol–water partition coefficient (Wildman–Crippen LogP) is 4.03. The molecule has 1 fully saturated rings. The molecule has 0 bridgehead atoms.